The first-order valence-corrected chi connectivity index (χ1v) is 12.5. The van der Waals surface area contributed by atoms with Crippen LogP contribution in [0, 0.1) is 11.7 Å². The van der Waals surface area contributed by atoms with E-state index in [1.165, 1.54) is 31.6 Å². The highest BCUT2D eigenvalue weighted by Crippen LogP contribution is 2.50. The van der Waals surface area contributed by atoms with Gasteiger partial charge in [-0.15, -0.1) is 0 Å². The van der Waals surface area contributed by atoms with E-state index in [4.69, 9.17) is 14.2 Å². The van der Waals surface area contributed by atoms with Crippen LogP contribution in [0.3, 0.4) is 0 Å². The lowest BCUT2D eigenvalue weighted by Crippen LogP contribution is -2.46. The number of fused-ring (bicyclic) bond motifs is 1. The van der Waals surface area contributed by atoms with Crippen LogP contribution in [0.15, 0.2) is 35.6 Å². The van der Waals surface area contributed by atoms with Gasteiger partial charge >= 0.3 is 6.09 Å². The van der Waals surface area contributed by atoms with Crippen molar-refractivity contribution in [3.05, 3.63) is 47.7 Å². The minimum absolute atomic E-state index is 0.0226. The van der Waals surface area contributed by atoms with Crippen LogP contribution in [0.1, 0.15) is 36.8 Å². The minimum atomic E-state index is -2.84. The molecular weight excluding hydrogens is 527 g/mol. The number of benzene rings is 1. The van der Waals surface area contributed by atoms with Crippen LogP contribution in [0.2, 0.25) is 0 Å². The van der Waals surface area contributed by atoms with Crippen molar-refractivity contribution in [1.82, 2.24) is 15.3 Å². The number of hydrogen-bond donors (Lipinski definition) is 2. The average Bonchev–Trinajstić information content (AvgIpc) is 3.24. The quantitative estimate of drug-likeness (QED) is 0.570. The highest BCUT2D eigenvalue weighted by Gasteiger charge is 2.57. The number of aromatic nitrogens is 2. The number of hydrogen-bond acceptors (Lipinski definition) is 9. The minimum Gasteiger partial charge on any atom is -0.480 e. The lowest BCUT2D eigenvalue weighted by atomic mass is 9.78. The standard InChI is InChI=1S/C24H26F3N5O5S/c1-23(2,3)37-22(34)31-21-32-24(11-36-18(19(26)27)14(24)10-38-21)13-7-12(5-6-15(13)25)30-20(33)16-8-29-17(35-4)9-28-16/h5-9,14,18-19H,10-11H2,1-4H3,(H,30,33)(H,31,32,34)/t14-,18+,24-/m1/s1. The number of rotatable bonds is 5. The summed E-state index contributed by atoms with van der Waals surface area (Å²) in [5, 5.41) is 5.20. The third-order valence-electron chi connectivity index (χ3n) is 5.82. The Hall–Kier alpha value is -3.39. The number of thioether (sulfide) groups is 1. The number of alkyl carbamates (subject to hydrolysis) is 1. The van der Waals surface area contributed by atoms with E-state index in [0.717, 1.165) is 17.8 Å². The second-order valence-corrected chi connectivity index (χ2v) is 10.6. The number of anilines is 1. The molecule has 0 radical (unpaired) electrons. The van der Waals surface area contributed by atoms with E-state index in [-0.39, 0.29) is 40.4 Å². The summed E-state index contributed by atoms with van der Waals surface area (Å²) in [4.78, 5) is 37.4. The lowest BCUT2D eigenvalue weighted by Gasteiger charge is -2.36. The molecule has 2 amide bonds. The summed E-state index contributed by atoms with van der Waals surface area (Å²) in [5.41, 5.74) is -2.28. The summed E-state index contributed by atoms with van der Waals surface area (Å²) < 4.78 is 58.6. The number of alkyl halides is 2. The third-order valence-corrected chi connectivity index (χ3v) is 6.82. The number of aliphatic imine (C=N–C) groups is 1. The lowest BCUT2D eigenvalue weighted by molar-refractivity contribution is -0.0359. The van der Waals surface area contributed by atoms with Gasteiger partial charge in [0.15, 0.2) is 5.17 Å². The van der Waals surface area contributed by atoms with E-state index in [1.807, 2.05) is 0 Å². The van der Waals surface area contributed by atoms with Gasteiger partial charge in [0.1, 0.15) is 28.8 Å². The number of nitrogens with one attached hydrogen (secondary N) is 2. The van der Waals surface area contributed by atoms with Crippen molar-refractivity contribution in [2.24, 2.45) is 10.9 Å². The van der Waals surface area contributed by atoms with Crippen LogP contribution in [0.5, 0.6) is 5.88 Å². The van der Waals surface area contributed by atoms with Gasteiger partial charge in [-0.25, -0.2) is 32.9 Å². The number of halogens is 3. The van der Waals surface area contributed by atoms with Gasteiger partial charge in [-0.3, -0.25) is 10.1 Å². The normalized spacial score (nSPS) is 22.9. The zero-order chi connectivity index (χ0) is 27.7. The Kier molecular flexibility index (Phi) is 7.83. The smallest absolute Gasteiger partial charge is 0.413 e. The molecule has 2 aliphatic heterocycles. The van der Waals surface area contributed by atoms with Crippen molar-refractivity contribution in [3.63, 3.8) is 0 Å². The highest BCUT2D eigenvalue weighted by molar-refractivity contribution is 8.13. The zero-order valence-electron chi connectivity index (χ0n) is 21.0. The number of carbonyl (C=O) groups is 2. The molecule has 10 nitrogen and oxygen atoms in total. The van der Waals surface area contributed by atoms with Crippen molar-refractivity contribution in [2.45, 2.75) is 44.4 Å². The number of methoxy groups -OCH3 is 1. The zero-order valence-corrected chi connectivity index (χ0v) is 21.8. The maximum Gasteiger partial charge on any atom is 0.413 e. The molecule has 14 heteroatoms. The van der Waals surface area contributed by atoms with Crippen molar-refractivity contribution in [1.29, 1.82) is 0 Å². The molecule has 2 aromatic rings. The molecule has 3 atom stereocenters. The van der Waals surface area contributed by atoms with Crippen LogP contribution in [0.4, 0.5) is 23.7 Å². The number of amides is 2. The number of amidine groups is 1. The monoisotopic (exact) mass is 553 g/mol. The van der Waals surface area contributed by atoms with Gasteiger partial charge < -0.3 is 19.5 Å². The first kappa shape index (κ1) is 27.6. The molecule has 1 saturated heterocycles. The predicted octanol–water partition coefficient (Wildman–Crippen LogP) is 3.98. The fourth-order valence-electron chi connectivity index (χ4n) is 4.16. The molecule has 1 aromatic heterocycles. The maximum atomic E-state index is 15.3. The molecule has 0 aliphatic carbocycles. The summed E-state index contributed by atoms with van der Waals surface area (Å²) in [6, 6.07) is 3.74. The largest absolute Gasteiger partial charge is 0.480 e. The molecule has 38 heavy (non-hydrogen) atoms. The summed E-state index contributed by atoms with van der Waals surface area (Å²) in [6.07, 6.45) is -2.64. The van der Waals surface area contributed by atoms with Gasteiger partial charge in [0.05, 0.1) is 26.1 Å². The van der Waals surface area contributed by atoms with Gasteiger partial charge in [0.25, 0.3) is 12.3 Å². The van der Waals surface area contributed by atoms with E-state index < -0.39 is 47.4 Å². The summed E-state index contributed by atoms with van der Waals surface area (Å²) >= 11 is 1.04. The summed E-state index contributed by atoms with van der Waals surface area (Å²) in [5.74, 6) is -1.99. The molecule has 1 aromatic carbocycles. The summed E-state index contributed by atoms with van der Waals surface area (Å²) in [7, 11) is 1.41. The van der Waals surface area contributed by atoms with Crippen molar-refractivity contribution in [3.8, 4) is 5.88 Å². The van der Waals surface area contributed by atoms with Gasteiger partial charge in [0, 0.05) is 22.9 Å². The molecule has 204 valence electrons. The molecule has 3 heterocycles. The first-order valence-electron chi connectivity index (χ1n) is 11.5. The van der Waals surface area contributed by atoms with E-state index >= 15 is 4.39 Å². The van der Waals surface area contributed by atoms with Crippen LogP contribution < -0.4 is 15.4 Å². The molecule has 0 spiro atoms. The van der Waals surface area contributed by atoms with Crippen molar-refractivity contribution < 1.29 is 37.0 Å². The van der Waals surface area contributed by atoms with Crippen LogP contribution in [-0.4, -0.2) is 64.7 Å². The fourth-order valence-corrected chi connectivity index (χ4v) is 5.34. The number of ether oxygens (including phenoxy) is 3. The summed E-state index contributed by atoms with van der Waals surface area (Å²) in [6.45, 7) is 4.70. The second-order valence-electron chi connectivity index (χ2n) is 9.59. The average molecular weight is 554 g/mol. The maximum absolute atomic E-state index is 15.3. The van der Waals surface area contributed by atoms with Gasteiger partial charge in [-0.05, 0) is 39.0 Å². The Morgan fingerprint density at radius 3 is 2.61 bits per heavy atom. The molecule has 2 aliphatic rings. The molecular formula is C24H26F3N5O5S. The molecule has 2 N–H and O–H groups in total. The second kappa shape index (κ2) is 10.8. The Bertz CT molecular complexity index is 1240. The number of carbonyl (C=O) groups excluding carboxylic acids is 2. The topological polar surface area (TPSA) is 124 Å². The third kappa shape index (κ3) is 5.85. The van der Waals surface area contributed by atoms with Crippen LogP contribution in [0.25, 0.3) is 0 Å². The molecule has 0 bridgehead atoms. The fraction of sp³-hybridized carbons (Fsp3) is 0.458. The number of nitrogens with zero attached hydrogens (tertiary/aromatic N) is 3. The van der Waals surface area contributed by atoms with Crippen molar-refractivity contribution >= 4 is 34.6 Å². The van der Waals surface area contributed by atoms with Gasteiger partial charge in [0.2, 0.25) is 5.88 Å². The Labute approximate surface area is 220 Å². The molecule has 0 saturated carbocycles. The SMILES string of the molecule is COc1cnc(C(=O)Nc2ccc(F)c([C@]34CO[C@H](C(F)F)[C@H]3CSC(NC(=O)OC(C)(C)C)=N4)c2)cn1. The van der Waals surface area contributed by atoms with Gasteiger partial charge in [-0.1, -0.05) is 11.8 Å². The molecule has 0 unspecified atom stereocenters. The first-order chi connectivity index (χ1) is 17.9. The van der Waals surface area contributed by atoms with Crippen LogP contribution in [-0.2, 0) is 15.0 Å². The Morgan fingerprint density at radius 2 is 1.97 bits per heavy atom. The van der Waals surface area contributed by atoms with E-state index in [0.29, 0.717) is 0 Å². The Morgan fingerprint density at radius 1 is 1.21 bits per heavy atom. The van der Waals surface area contributed by atoms with Crippen molar-refractivity contribution in [2.75, 3.05) is 24.8 Å². The van der Waals surface area contributed by atoms with Gasteiger partial charge in [-0.2, -0.15) is 0 Å². The molecule has 1 fully saturated rings. The van der Waals surface area contributed by atoms with Crippen LogP contribution >= 0.6 is 11.8 Å². The Balaban J connectivity index is 1.67. The predicted molar refractivity (Wildman–Crippen MR) is 133 cm³/mol. The highest BCUT2D eigenvalue weighted by atomic mass is 32.2. The van der Waals surface area contributed by atoms with E-state index in [1.54, 1.807) is 20.8 Å². The molecule has 4 rings (SSSR count). The van der Waals surface area contributed by atoms with E-state index in [9.17, 15) is 18.4 Å². The van der Waals surface area contributed by atoms with E-state index in [2.05, 4.69) is 25.6 Å².